The molecule has 0 saturated heterocycles. The fraction of sp³-hybridized carbons (Fsp3) is 0.571. The number of ether oxygens (including phenoxy) is 2. The molecule has 23 heavy (non-hydrogen) atoms. The van der Waals surface area contributed by atoms with E-state index >= 15 is 0 Å². The summed E-state index contributed by atoms with van der Waals surface area (Å²) in [5.74, 6) is -5.02. The third-order valence-electron chi connectivity index (χ3n) is 3.09. The van der Waals surface area contributed by atoms with E-state index in [4.69, 9.17) is 9.47 Å². The van der Waals surface area contributed by atoms with Crippen LogP contribution in [0, 0.1) is 0 Å². The first-order chi connectivity index (χ1) is 10.5. The molecule has 0 bridgehead atoms. The van der Waals surface area contributed by atoms with Crippen LogP contribution in [0.1, 0.15) is 6.92 Å². The Hall–Kier alpha value is -1.61. The summed E-state index contributed by atoms with van der Waals surface area (Å²) in [5, 5.41) is 11.9. The lowest BCUT2D eigenvalue weighted by Crippen LogP contribution is -2.58. The third kappa shape index (κ3) is 4.68. The zero-order valence-corrected chi connectivity index (χ0v) is 12.6. The Morgan fingerprint density at radius 3 is 2.26 bits per heavy atom. The summed E-state index contributed by atoms with van der Waals surface area (Å²) in [5.41, 5.74) is -3.15. The molecule has 0 saturated carbocycles. The van der Waals surface area contributed by atoms with Crippen LogP contribution in [0.5, 0.6) is 5.75 Å². The van der Waals surface area contributed by atoms with Crippen molar-refractivity contribution in [1.82, 2.24) is 0 Å². The molecule has 1 atom stereocenters. The van der Waals surface area contributed by atoms with E-state index < -0.39 is 24.2 Å². The molecule has 1 aromatic rings. The number of halogens is 5. The van der Waals surface area contributed by atoms with Crippen molar-refractivity contribution in [3.05, 3.63) is 24.3 Å². The SMILES string of the molecule is COCCOc1ccccc1NCC(C)(O)C(F)(F)C(F)(F)F. The zero-order valence-electron chi connectivity index (χ0n) is 12.6. The molecule has 1 aromatic carbocycles. The van der Waals surface area contributed by atoms with E-state index in [9.17, 15) is 27.1 Å². The summed E-state index contributed by atoms with van der Waals surface area (Å²) in [7, 11) is 1.46. The summed E-state index contributed by atoms with van der Waals surface area (Å²) in [6.45, 7) is -0.158. The summed E-state index contributed by atoms with van der Waals surface area (Å²) < 4.78 is 73.8. The fourth-order valence-electron chi connectivity index (χ4n) is 1.66. The van der Waals surface area contributed by atoms with Crippen LogP contribution in [-0.2, 0) is 4.74 Å². The molecule has 0 spiro atoms. The van der Waals surface area contributed by atoms with E-state index in [0.717, 1.165) is 0 Å². The minimum absolute atomic E-state index is 0.171. The van der Waals surface area contributed by atoms with E-state index in [0.29, 0.717) is 6.92 Å². The number of nitrogens with one attached hydrogen (secondary N) is 1. The van der Waals surface area contributed by atoms with Crippen molar-refractivity contribution < 1.29 is 36.5 Å². The van der Waals surface area contributed by atoms with Gasteiger partial charge in [0.25, 0.3) is 0 Å². The van der Waals surface area contributed by atoms with Crippen LogP contribution >= 0.6 is 0 Å². The topological polar surface area (TPSA) is 50.7 Å². The Labute approximate surface area is 130 Å². The van der Waals surface area contributed by atoms with Gasteiger partial charge in [-0.15, -0.1) is 0 Å². The minimum atomic E-state index is -5.85. The van der Waals surface area contributed by atoms with E-state index in [2.05, 4.69) is 5.32 Å². The predicted octanol–water partition coefficient (Wildman–Crippen LogP) is 3.07. The maximum Gasteiger partial charge on any atom is 0.456 e. The van der Waals surface area contributed by atoms with Crippen molar-refractivity contribution in [2.75, 3.05) is 32.2 Å². The summed E-state index contributed by atoms with van der Waals surface area (Å²) in [4.78, 5) is 0. The highest BCUT2D eigenvalue weighted by Gasteiger charge is 2.67. The minimum Gasteiger partial charge on any atom is -0.489 e. The van der Waals surface area contributed by atoms with Crippen LogP contribution in [0.3, 0.4) is 0 Å². The molecule has 132 valence electrons. The normalized spacial score (nSPS) is 15.1. The smallest absolute Gasteiger partial charge is 0.456 e. The van der Waals surface area contributed by atoms with Crippen LogP contribution in [0.4, 0.5) is 27.6 Å². The standard InChI is InChI=1S/C14H18F5NO3/c1-12(21,13(15,16)14(17,18)19)9-20-10-5-3-4-6-11(10)23-8-7-22-2/h3-6,20-21H,7-9H2,1-2H3. The molecule has 0 aliphatic carbocycles. The molecule has 0 amide bonds. The number of alkyl halides is 5. The highest BCUT2D eigenvalue weighted by Crippen LogP contribution is 2.43. The largest absolute Gasteiger partial charge is 0.489 e. The van der Waals surface area contributed by atoms with Crippen LogP contribution in [0.2, 0.25) is 0 Å². The van der Waals surface area contributed by atoms with Gasteiger partial charge in [-0.2, -0.15) is 22.0 Å². The van der Waals surface area contributed by atoms with Gasteiger partial charge < -0.3 is 19.9 Å². The Morgan fingerprint density at radius 1 is 1.09 bits per heavy atom. The van der Waals surface area contributed by atoms with Crippen molar-refractivity contribution in [1.29, 1.82) is 0 Å². The quantitative estimate of drug-likeness (QED) is 0.563. The van der Waals surface area contributed by atoms with Crippen molar-refractivity contribution in [2.24, 2.45) is 0 Å². The molecular weight excluding hydrogens is 325 g/mol. The van der Waals surface area contributed by atoms with Gasteiger partial charge in [0.1, 0.15) is 12.4 Å². The van der Waals surface area contributed by atoms with E-state index in [-0.39, 0.29) is 24.7 Å². The molecule has 0 aliphatic rings. The maximum absolute atomic E-state index is 13.3. The molecular formula is C14H18F5NO3. The van der Waals surface area contributed by atoms with Crippen LogP contribution in [-0.4, -0.2) is 49.7 Å². The second-order valence-electron chi connectivity index (χ2n) is 5.04. The number of anilines is 1. The number of aliphatic hydroxyl groups is 1. The first-order valence-electron chi connectivity index (χ1n) is 6.64. The average molecular weight is 343 g/mol. The maximum atomic E-state index is 13.3. The molecule has 0 radical (unpaired) electrons. The summed E-state index contributed by atoms with van der Waals surface area (Å²) >= 11 is 0. The van der Waals surface area contributed by atoms with Crippen molar-refractivity contribution in [3.8, 4) is 5.75 Å². The molecule has 9 heteroatoms. The van der Waals surface area contributed by atoms with Gasteiger partial charge in [0.05, 0.1) is 12.3 Å². The lowest BCUT2D eigenvalue weighted by atomic mass is 9.97. The molecule has 1 rings (SSSR count). The number of hydrogen-bond acceptors (Lipinski definition) is 4. The van der Waals surface area contributed by atoms with Gasteiger partial charge in [0.2, 0.25) is 0 Å². The van der Waals surface area contributed by atoms with Crippen molar-refractivity contribution >= 4 is 5.69 Å². The lowest BCUT2D eigenvalue weighted by molar-refractivity contribution is -0.334. The third-order valence-corrected chi connectivity index (χ3v) is 3.09. The second kappa shape index (κ2) is 7.31. The summed E-state index contributed by atoms with van der Waals surface area (Å²) in [6, 6.07) is 6.09. The van der Waals surface area contributed by atoms with Gasteiger partial charge in [-0.05, 0) is 19.1 Å². The zero-order chi connectivity index (χ0) is 17.7. The van der Waals surface area contributed by atoms with E-state index in [1.165, 1.54) is 19.2 Å². The number of methoxy groups -OCH3 is 1. The fourth-order valence-corrected chi connectivity index (χ4v) is 1.66. The molecule has 4 nitrogen and oxygen atoms in total. The monoisotopic (exact) mass is 343 g/mol. The molecule has 0 aliphatic heterocycles. The number of hydrogen-bond donors (Lipinski definition) is 2. The van der Waals surface area contributed by atoms with E-state index in [1.54, 1.807) is 12.1 Å². The molecule has 0 fully saturated rings. The van der Waals surface area contributed by atoms with Crippen LogP contribution < -0.4 is 10.1 Å². The first kappa shape index (κ1) is 19.4. The Bertz CT molecular complexity index is 505. The van der Waals surface area contributed by atoms with E-state index in [1.807, 2.05) is 0 Å². The molecule has 1 unspecified atom stereocenters. The van der Waals surface area contributed by atoms with Crippen LogP contribution in [0.15, 0.2) is 24.3 Å². The van der Waals surface area contributed by atoms with Crippen molar-refractivity contribution in [2.45, 2.75) is 24.6 Å². The predicted molar refractivity (Wildman–Crippen MR) is 73.9 cm³/mol. The van der Waals surface area contributed by atoms with Gasteiger partial charge in [0, 0.05) is 13.7 Å². The van der Waals surface area contributed by atoms with Crippen LogP contribution in [0.25, 0.3) is 0 Å². The average Bonchev–Trinajstić information content (AvgIpc) is 2.45. The Balaban J connectivity index is 2.81. The lowest BCUT2D eigenvalue weighted by Gasteiger charge is -2.34. The van der Waals surface area contributed by atoms with Crippen molar-refractivity contribution in [3.63, 3.8) is 0 Å². The van der Waals surface area contributed by atoms with Gasteiger partial charge in [0.15, 0.2) is 5.60 Å². The summed E-state index contributed by atoms with van der Waals surface area (Å²) in [6.07, 6.45) is -5.85. The number of benzene rings is 1. The molecule has 0 aromatic heterocycles. The second-order valence-corrected chi connectivity index (χ2v) is 5.04. The van der Waals surface area contributed by atoms with Gasteiger partial charge in [-0.25, -0.2) is 0 Å². The molecule has 2 N–H and O–H groups in total. The Kier molecular flexibility index (Phi) is 6.18. The highest BCUT2D eigenvalue weighted by atomic mass is 19.4. The van der Waals surface area contributed by atoms with Gasteiger partial charge in [-0.3, -0.25) is 0 Å². The van der Waals surface area contributed by atoms with Gasteiger partial charge >= 0.3 is 12.1 Å². The first-order valence-corrected chi connectivity index (χ1v) is 6.64. The molecule has 0 heterocycles. The highest BCUT2D eigenvalue weighted by molar-refractivity contribution is 5.56. The Morgan fingerprint density at radius 2 is 1.70 bits per heavy atom. The number of para-hydroxylation sites is 2. The van der Waals surface area contributed by atoms with Gasteiger partial charge in [-0.1, -0.05) is 12.1 Å². The number of rotatable bonds is 8.